The van der Waals surface area contributed by atoms with Crippen LogP contribution in [0.1, 0.15) is 39.3 Å². The molecule has 2 aromatic carbocycles. The molecule has 0 saturated carbocycles. The Morgan fingerprint density at radius 2 is 2.00 bits per heavy atom. The molecule has 180 valence electrons. The van der Waals surface area contributed by atoms with E-state index in [1.165, 1.54) is 12.0 Å². The van der Waals surface area contributed by atoms with Gasteiger partial charge in [-0.15, -0.1) is 5.10 Å². The second kappa shape index (κ2) is 8.15. The van der Waals surface area contributed by atoms with Crippen LogP contribution in [-0.4, -0.2) is 61.7 Å². The summed E-state index contributed by atoms with van der Waals surface area (Å²) in [5.74, 6) is -1.47. The van der Waals surface area contributed by atoms with Crippen molar-refractivity contribution in [1.82, 2.24) is 30.2 Å². The second-order valence-electron chi connectivity index (χ2n) is 8.73. The van der Waals surface area contributed by atoms with Crippen molar-refractivity contribution >= 4 is 34.6 Å². The average molecular weight is 484 g/mol. The molecule has 0 bridgehead atoms. The van der Waals surface area contributed by atoms with E-state index in [-0.39, 0.29) is 24.8 Å². The smallest absolute Gasteiger partial charge is 0.354 e. The number of esters is 1. The number of hydrogen-bond donors (Lipinski definition) is 2. The van der Waals surface area contributed by atoms with E-state index >= 15 is 0 Å². The lowest BCUT2D eigenvalue weighted by atomic mass is 10.0. The fourth-order valence-corrected chi connectivity index (χ4v) is 4.80. The minimum absolute atomic E-state index is 0.197. The molecule has 1 saturated heterocycles. The van der Waals surface area contributed by atoms with Gasteiger partial charge >= 0.3 is 5.97 Å². The molecule has 11 heteroatoms. The van der Waals surface area contributed by atoms with Crippen molar-refractivity contribution in [1.29, 1.82) is 0 Å². The van der Waals surface area contributed by atoms with Crippen LogP contribution in [0.25, 0.3) is 27.8 Å². The number of methoxy groups -OCH3 is 1. The van der Waals surface area contributed by atoms with Crippen LogP contribution in [0.15, 0.2) is 48.7 Å². The van der Waals surface area contributed by atoms with E-state index in [0.717, 1.165) is 22.0 Å². The van der Waals surface area contributed by atoms with E-state index in [2.05, 4.69) is 20.6 Å². The molecule has 1 fully saturated rings. The molecule has 6 rings (SSSR count). The van der Waals surface area contributed by atoms with Gasteiger partial charge in [0.2, 0.25) is 11.8 Å². The molecular weight excluding hydrogens is 464 g/mol. The van der Waals surface area contributed by atoms with E-state index in [1.807, 2.05) is 24.3 Å². The Hall–Kier alpha value is -4.80. The highest BCUT2D eigenvalue weighted by molar-refractivity contribution is 6.05. The van der Waals surface area contributed by atoms with Gasteiger partial charge in [0.05, 0.1) is 19.0 Å². The number of ether oxygens (including phenoxy) is 1. The molecule has 2 aliphatic heterocycles. The van der Waals surface area contributed by atoms with E-state index in [1.54, 1.807) is 29.1 Å². The molecule has 3 amide bonds. The van der Waals surface area contributed by atoms with Crippen LogP contribution >= 0.6 is 0 Å². The summed E-state index contributed by atoms with van der Waals surface area (Å²) in [6.45, 7) is 0.233. The van der Waals surface area contributed by atoms with Gasteiger partial charge in [0, 0.05) is 40.6 Å². The molecule has 2 aliphatic rings. The summed E-state index contributed by atoms with van der Waals surface area (Å²) >= 11 is 0. The molecule has 4 aromatic rings. The van der Waals surface area contributed by atoms with E-state index in [9.17, 15) is 19.2 Å². The van der Waals surface area contributed by atoms with Gasteiger partial charge in [0.25, 0.3) is 5.91 Å². The number of piperidine rings is 1. The average Bonchev–Trinajstić information content (AvgIpc) is 3.60. The Kier molecular flexibility index (Phi) is 4.92. The Morgan fingerprint density at radius 1 is 1.14 bits per heavy atom. The van der Waals surface area contributed by atoms with Crippen molar-refractivity contribution in [3.05, 3.63) is 65.5 Å². The quantitative estimate of drug-likeness (QED) is 0.333. The number of fused-ring (bicyclic) bond motifs is 2. The normalized spacial score (nSPS) is 17.4. The van der Waals surface area contributed by atoms with Crippen molar-refractivity contribution in [3.63, 3.8) is 0 Å². The highest BCUT2D eigenvalue weighted by Gasteiger charge is 2.40. The molecule has 0 spiro atoms. The monoisotopic (exact) mass is 484 g/mol. The Labute approximate surface area is 204 Å². The highest BCUT2D eigenvalue weighted by Crippen LogP contribution is 2.32. The van der Waals surface area contributed by atoms with E-state index < -0.39 is 17.9 Å². The van der Waals surface area contributed by atoms with Crippen molar-refractivity contribution in [2.75, 3.05) is 7.11 Å². The lowest BCUT2D eigenvalue weighted by molar-refractivity contribution is -0.136. The molecule has 4 heterocycles. The summed E-state index contributed by atoms with van der Waals surface area (Å²) in [6.07, 6.45) is 2.26. The fraction of sp³-hybridized carbons (Fsp3) is 0.200. The van der Waals surface area contributed by atoms with Crippen molar-refractivity contribution in [2.45, 2.75) is 25.4 Å². The maximum absolute atomic E-state index is 13.1. The van der Waals surface area contributed by atoms with Gasteiger partial charge in [0.15, 0.2) is 0 Å². The van der Waals surface area contributed by atoms with Crippen LogP contribution in [-0.2, 0) is 20.9 Å². The number of benzene rings is 2. The molecular formula is C25H20N6O5. The maximum atomic E-state index is 13.1. The number of rotatable bonds is 4. The molecule has 11 nitrogen and oxygen atoms in total. The minimum atomic E-state index is -0.691. The number of imide groups is 1. The van der Waals surface area contributed by atoms with Crippen molar-refractivity contribution in [2.24, 2.45) is 0 Å². The molecule has 2 N–H and O–H groups in total. The van der Waals surface area contributed by atoms with Crippen LogP contribution in [0.4, 0.5) is 0 Å². The molecule has 2 aromatic heterocycles. The molecule has 1 atom stereocenters. The van der Waals surface area contributed by atoms with Crippen LogP contribution in [0.2, 0.25) is 0 Å². The molecule has 0 aliphatic carbocycles. The summed E-state index contributed by atoms with van der Waals surface area (Å²) < 4.78 is 6.38. The summed E-state index contributed by atoms with van der Waals surface area (Å²) in [4.78, 5) is 53.4. The van der Waals surface area contributed by atoms with E-state index in [0.29, 0.717) is 29.1 Å². The number of hydrogen-bond acceptors (Lipinski definition) is 7. The number of H-pyrrole nitrogens is 1. The zero-order valence-electron chi connectivity index (χ0n) is 19.1. The number of carbonyl (C=O) groups excluding carboxylic acids is 4. The third-order valence-corrected chi connectivity index (χ3v) is 6.62. The number of amides is 3. The SMILES string of the molecule is COC(=O)c1cc2ccc(-c3cn(-c4cccc5c4CN(C4CCC(=O)NC4=O)C5=O)nn3)cc2[nH]1. The van der Waals surface area contributed by atoms with Gasteiger partial charge < -0.3 is 14.6 Å². The van der Waals surface area contributed by atoms with Crippen molar-refractivity contribution in [3.8, 4) is 16.9 Å². The minimum Gasteiger partial charge on any atom is -0.464 e. The maximum Gasteiger partial charge on any atom is 0.354 e. The second-order valence-corrected chi connectivity index (χ2v) is 8.73. The topological polar surface area (TPSA) is 139 Å². The van der Waals surface area contributed by atoms with Gasteiger partial charge in [-0.05, 0) is 30.7 Å². The van der Waals surface area contributed by atoms with Crippen LogP contribution in [0, 0.1) is 0 Å². The number of carbonyl (C=O) groups is 4. The zero-order chi connectivity index (χ0) is 25.0. The molecule has 36 heavy (non-hydrogen) atoms. The third kappa shape index (κ3) is 3.44. The van der Waals surface area contributed by atoms with Crippen LogP contribution in [0.3, 0.4) is 0 Å². The lowest BCUT2D eigenvalue weighted by Gasteiger charge is -2.29. The predicted molar refractivity (Wildman–Crippen MR) is 126 cm³/mol. The number of nitrogens with one attached hydrogen (secondary N) is 2. The summed E-state index contributed by atoms with van der Waals surface area (Å²) in [5, 5.41) is 11.8. The first-order valence-electron chi connectivity index (χ1n) is 11.3. The Morgan fingerprint density at radius 3 is 2.81 bits per heavy atom. The summed E-state index contributed by atoms with van der Waals surface area (Å²) in [6, 6.07) is 12.0. The Bertz CT molecular complexity index is 1580. The van der Waals surface area contributed by atoms with E-state index in [4.69, 9.17) is 4.74 Å². The largest absolute Gasteiger partial charge is 0.464 e. The standard InChI is InChI=1S/C25H20N6O5/c1-36-25(35)18-10-13-5-6-14(9-17(13)26-18)19-12-31(29-28-19)20-4-2-3-15-16(20)11-30(24(15)34)21-7-8-22(32)27-23(21)33/h2-6,9-10,12,21,26H,7-8,11H2,1H3,(H,27,32,33). The van der Waals surface area contributed by atoms with Crippen LogP contribution in [0.5, 0.6) is 0 Å². The van der Waals surface area contributed by atoms with Gasteiger partial charge in [0.1, 0.15) is 17.4 Å². The number of aromatic amines is 1. The first kappa shape index (κ1) is 21.7. The molecule has 0 radical (unpaired) electrons. The highest BCUT2D eigenvalue weighted by atomic mass is 16.5. The summed E-state index contributed by atoms with van der Waals surface area (Å²) in [5.41, 5.74) is 4.44. The van der Waals surface area contributed by atoms with Gasteiger partial charge in [-0.25, -0.2) is 9.48 Å². The van der Waals surface area contributed by atoms with Gasteiger partial charge in [-0.3, -0.25) is 19.7 Å². The first-order chi connectivity index (χ1) is 17.4. The van der Waals surface area contributed by atoms with Crippen LogP contribution < -0.4 is 5.32 Å². The zero-order valence-corrected chi connectivity index (χ0v) is 19.1. The number of nitrogens with zero attached hydrogens (tertiary/aromatic N) is 4. The van der Waals surface area contributed by atoms with Gasteiger partial charge in [-0.2, -0.15) is 0 Å². The fourth-order valence-electron chi connectivity index (χ4n) is 4.80. The third-order valence-electron chi connectivity index (χ3n) is 6.62. The predicted octanol–water partition coefficient (Wildman–Crippen LogP) is 1.96. The van der Waals surface area contributed by atoms with Gasteiger partial charge in [-0.1, -0.05) is 23.4 Å². The van der Waals surface area contributed by atoms with Crippen molar-refractivity contribution < 1.29 is 23.9 Å². The Balaban J connectivity index is 1.31. The summed E-state index contributed by atoms with van der Waals surface area (Å²) in [7, 11) is 1.33. The number of aromatic nitrogens is 4. The lowest BCUT2D eigenvalue weighted by Crippen LogP contribution is -2.52. The first-order valence-corrected chi connectivity index (χ1v) is 11.3. The molecule has 1 unspecified atom stereocenters.